The summed E-state index contributed by atoms with van der Waals surface area (Å²) in [7, 11) is 0. The Bertz CT molecular complexity index is 434. The van der Waals surface area contributed by atoms with E-state index in [1.807, 2.05) is 0 Å². The van der Waals surface area contributed by atoms with Gasteiger partial charge in [-0.1, -0.05) is 0 Å². The molecule has 4 heteroatoms. The van der Waals surface area contributed by atoms with Gasteiger partial charge in [-0.3, -0.25) is 4.90 Å². The lowest BCUT2D eigenvalue weighted by molar-refractivity contribution is 0.229. The number of hydrogen-bond acceptors (Lipinski definition) is 4. The lowest BCUT2D eigenvalue weighted by atomic mass is 10.1. The average molecular weight is 296 g/mol. The molecule has 0 aliphatic carbocycles. The van der Waals surface area contributed by atoms with E-state index in [-0.39, 0.29) is 5.54 Å². The van der Waals surface area contributed by atoms with Crippen molar-refractivity contribution in [2.24, 2.45) is 0 Å². The Morgan fingerprint density at radius 2 is 2.00 bits per heavy atom. The first-order chi connectivity index (χ1) is 9.23. The highest BCUT2D eigenvalue weighted by Crippen LogP contribution is 2.30. The Hall–Kier alpha value is -0.450. The molecule has 20 heavy (non-hydrogen) atoms. The maximum Gasteiger partial charge on any atom is 0.118 e. The van der Waals surface area contributed by atoms with Gasteiger partial charge in [0.2, 0.25) is 0 Å². The lowest BCUT2D eigenvalue weighted by Gasteiger charge is -2.37. The fraction of sp³-hybridized carbons (Fsp3) is 0.750. The smallest absolute Gasteiger partial charge is 0.118 e. The van der Waals surface area contributed by atoms with Crippen molar-refractivity contribution in [3.05, 3.63) is 23.7 Å². The van der Waals surface area contributed by atoms with Crippen molar-refractivity contribution in [3.63, 3.8) is 0 Å². The number of nitrogens with one attached hydrogen (secondary N) is 1. The van der Waals surface area contributed by atoms with Gasteiger partial charge < -0.3 is 9.73 Å². The summed E-state index contributed by atoms with van der Waals surface area (Å²) in [5, 5.41) is 3.46. The van der Waals surface area contributed by atoms with Crippen molar-refractivity contribution >= 4 is 11.8 Å². The standard InChI is InChI=1S/C16H28N2OS/c1-15(2,3)17-10-13-6-7-14(19-13)11-18-8-9-20-16(4,5)12-18/h6-7,17H,8-12H2,1-5H3. The molecule has 0 spiro atoms. The van der Waals surface area contributed by atoms with E-state index in [0.717, 1.165) is 37.7 Å². The fourth-order valence-corrected chi connectivity index (χ4v) is 3.60. The van der Waals surface area contributed by atoms with Crippen molar-refractivity contribution in [2.75, 3.05) is 18.8 Å². The van der Waals surface area contributed by atoms with E-state index in [1.54, 1.807) is 0 Å². The topological polar surface area (TPSA) is 28.4 Å². The van der Waals surface area contributed by atoms with Gasteiger partial charge in [0.25, 0.3) is 0 Å². The van der Waals surface area contributed by atoms with Crippen molar-refractivity contribution in [1.82, 2.24) is 10.2 Å². The molecule has 1 aromatic rings. The molecule has 0 atom stereocenters. The maximum atomic E-state index is 5.94. The Labute approximate surface area is 127 Å². The predicted octanol–water partition coefficient (Wildman–Crippen LogP) is 3.50. The molecule has 1 saturated heterocycles. The van der Waals surface area contributed by atoms with Crippen LogP contribution in [0.25, 0.3) is 0 Å². The van der Waals surface area contributed by atoms with Gasteiger partial charge in [0.05, 0.1) is 13.1 Å². The summed E-state index contributed by atoms with van der Waals surface area (Å²) in [5.74, 6) is 3.32. The molecule has 114 valence electrons. The summed E-state index contributed by atoms with van der Waals surface area (Å²) in [6.07, 6.45) is 0. The van der Waals surface area contributed by atoms with Crippen molar-refractivity contribution in [2.45, 2.75) is 58.0 Å². The van der Waals surface area contributed by atoms with Gasteiger partial charge in [0.15, 0.2) is 0 Å². The second kappa shape index (κ2) is 6.12. The minimum atomic E-state index is 0.126. The van der Waals surface area contributed by atoms with Crippen LogP contribution in [0.1, 0.15) is 46.1 Å². The molecule has 2 rings (SSSR count). The zero-order chi connectivity index (χ0) is 14.8. The van der Waals surface area contributed by atoms with E-state index in [0.29, 0.717) is 4.75 Å². The van der Waals surface area contributed by atoms with Gasteiger partial charge in [0, 0.05) is 29.1 Å². The maximum absolute atomic E-state index is 5.94. The number of hydrogen-bond donors (Lipinski definition) is 1. The second-order valence-electron chi connectivity index (χ2n) is 7.29. The zero-order valence-corrected chi connectivity index (χ0v) is 14.3. The van der Waals surface area contributed by atoms with Gasteiger partial charge in [-0.15, -0.1) is 0 Å². The van der Waals surface area contributed by atoms with E-state index in [9.17, 15) is 0 Å². The molecule has 1 N–H and O–H groups in total. The normalized spacial score (nSPS) is 20.2. The van der Waals surface area contributed by atoms with Gasteiger partial charge in [0.1, 0.15) is 11.5 Å². The first-order valence-electron chi connectivity index (χ1n) is 7.42. The Kier molecular flexibility index (Phi) is 4.88. The molecule has 0 unspecified atom stereocenters. The highest BCUT2D eigenvalue weighted by molar-refractivity contribution is 8.00. The van der Waals surface area contributed by atoms with E-state index >= 15 is 0 Å². The molecular weight excluding hydrogens is 268 g/mol. The molecule has 2 heterocycles. The van der Waals surface area contributed by atoms with Gasteiger partial charge >= 0.3 is 0 Å². The molecule has 0 amide bonds. The van der Waals surface area contributed by atoms with Gasteiger partial charge in [-0.05, 0) is 46.8 Å². The first kappa shape index (κ1) is 15.9. The largest absolute Gasteiger partial charge is 0.463 e. The Balaban J connectivity index is 1.86. The molecule has 1 aliphatic rings. The van der Waals surface area contributed by atoms with Crippen LogP contribution in [-0.4, -0.2) is 34.0 Å². The summed E-state index contributed by atoms with van der Waals surface area (Å²) in [4.78, 5) is 2.50. The number of rotatable bonds is 4. The molecule has 3 nitrogen and oxygen atoms in total. The number of thioether (sulfide) groups is 1. The number of nitrogens with zero attached hydrogens (tertiary/aromatic N) is 1. The summed E-state index contributed by atoms with van der Waals surface area (Å²) in [6, 6.07) is 4.21. The van der Waals surface area contributed by atoms with Gasteiger partial charge in [-0.25, -0.2) is 0 Å². The fourth-order valence-electron chi connectivity index (χ4n) is 2.42. The highest BCUT2D eigenvalue weighted by Gasteiger charge is 2.27. The predicted molar refractivity (Wildman–Crippen MR) is 87.1 cm³/mol. The van der Waals surface area contributed by atoms with Gasteiger partial charge in [-0.2, -0.15) is 11.8 Å². The van der Waals surface area contributed by atoms with Crippen LogP contribution in [0.4, 0.5) is 0 Å². The minimum absolute atomic E-state index is 0.126. The van der Waals surface area contributed by atoms with E-state index in [4.69, 9.17) is 4.42 Å². The van der Waals surface area contributed by atoms with Crippen LogP contribution in [-0.2, 0) is 13.1 Å². The van der Waals surface area contributed by atoms with Crippen LogP contribution in [0.2, 0.25) is 0 Å². The molecule has 0 bridgehead atoms. The summed E-state index contributed by atoms with van der Waals surface area (Å²) < 4.78 is 6.30. The van der Waals surface area contributed by atoms with Crippen LogP contribution in [0.3, 0.4) is 0 Å². The third-order valence-electron chi connectivity index (χ3n) is 3.39. The van der Waals surface area contributed by atoms with Crippen molar-refractivity contribution in [1.29, 1.82) is 0 Å². The van der Waals surface area contributed by atoms with Crippen LogP contribution in [0, 0.1) is 0 Å². The lowest BCUT2D eigenvalue weighted by Crippen LogP contribution is -2.42. The van der Waals surface area contributed by atoms with E-state index in [2.05, 4.69) is 68.7 Å². The van der Waals surface area contributed by atoms with E-state index < -0.39 is 0 Å². The quantitative estimate of drug-likeness (QED) is 0.920. The van der Waals surface area contributed by atoms with Crippen LogP contribution in [0.5, 0.6) is 0 Å². The average Bonchev–Trinajstić information content (AvgIpc) is 2.72. The molecule has 1 aromatic heterocycles. The SMILES string of the molecule is CC(C)(C)NCc1ccc(CN2CCSC(C)(C)C2)o1. The molecular formula is C16H28N2OS. The van der Waals surface area contributed by atoms with Crippen molar-refractivity contribution in [3.8, 4) is 0 Å². The third-order valence-corrected chi connectivity index (χ3v) is 4.69. The van der Waals surface area contributed by atoms with Crippen molar-refractivity contribution < 1.29 is 4.42 Å². The Morgan fingerprint density at radius 3 is 2.65 bits per heavy atom. The second-order valence-corrected chi connectivity index (χ2v) is 9.09. The van der Waals surface area contributed by atoms with E-state index in [1.165, 1.54) is 5.75 Å². The number of furan rings is 1. The zero-order valence-electron chi connectivity index (χ0n) is 13.5. The summed E-state index contributed by atoms with van der Waals surface area (Å²) in [5.41, 5.74) is 0.126. The minimum Gasteiger partial charge on any atom is -0.463 e. The molecule has 1 aliphatic heterocycles. The molecule has 1 fully saturated rings. The monoisotopic (exact) mass is 296 g/mol. The Morgan fingerprint density at radius 1 is 1.30 bits per heavy atom. The van der Waals surface area contributed by atoms with Crippen LogP contribution < -0.4 is 5.32 Å². The third kappa shape index (κ3) is 5.15. The molecule has 0 radical (unpaired) electrons. The molecule has 0 aromatic carbocycles. The molecule has 0 saturated carbocycles. The highest BCUT2D eigenvalue weighted by atomic mass is 32.2. The van der Waals surface area contributed by atoms with Crippen LogP contribution in [0.15, 0.2) is 16.5 Å². The first-order valence-corrected chi connectivity index (χ1v) is 8.41. The summed E-state index contributed by atoms with van der Waals surface area (Å²) in [6.45, 7) is 15.2. The summed E-state index contributed by atoms with van der Waals surface area (Å²) >= 11 is 2.07. The van der Waals surface area contributed by atoms with Crippen LogP contribution >= 0.6 is 11.8 Å².